The fraction of sp³-hybridized carbons (Fsp3) is 1.00. The Labute approximate surface area is 80.9 Å². The van der Waals surface area contributed by atoms with Crippen LogP contribution in [0.3, 0.4) is 0 Å². The topological polar surface area (TPSA) is 32.5 Å². The molecule has 0 spiro atoms. The fourth-order valence-corrected chi connectivity index (χ4v) is 2.08. The van der Waals surface area contributed by atoms with Crippen molar-refractivity contribution in [2.75, 3.05) is 46.3 Å². The van der Waals surface area contributed by atoms with Crippen molar-refractivity contribution in [3.05, 3.63) is 0 Å². The molecule has 0 aromatic carbocycles. The lowest BCUT2D eigenvalue weighted by molar-refractivity contribution is 0.132. The van der Waals surface area contributed by atoms with Crippen molar-refractivity contribution in [2.45, 2.75) is 12.8 Å². The second-order valence-corrected chi connectivity index (χ2v) is 4.78. The molecule has 0 unspecified atom stereocenters. The van der Waals surface area contributed by atoms with Crippen LogP contribution in [0.15, 0.2) is 0 Å². The molecule has 1 aliphatic carbocycles. The average Bonchev–Trinajstić information content (AvgIpc) is 2.90. The van der Waals surface area contributed by atoms with E-state index in [2.05, 4.69) is 16.8 Å². The van der Waals surface area contributed by atoms with E-state index in [-0.39, 0.29) is 0 Å². The third-order valence-corrected chi connectivity index (χ3v) is 3.55. The quantitative estimate of drug-likeness (QED) is 0.667. The zero-order valence-electron chi connectivity index (χ0n) is 8.63. The average molecular weight is 183 g/mol. The number of nitrogens with two attached hydrogens (primary N) is 1. The standard InChI is InChI=1S/C10H21N3/c1-12-4-6-13(7-5-12)9-10(8-11)2-3-10/h2-9,11H2,1H3. The van der Waals surface area contributed by atoms with Crippen molar-refractivity contribution in [1.82, 2.24) is 9.80 Å². The van der Waals surface area contributed by atoms with E-state index in [9.17, 15) is 0 Å². The number of hydrogen-bond donors (Lipinski definition) is 1. The molecule has 0 bridgehead atoms. The van der Waals surface area contributed by atoms with Gasteiger partial charge in [-0.1, -0.05) is 0 Å². The Bertz CT molecular complexity index is 169. The second-order valence-electron chi connectivity index (χ2n) is 4.78. The molecule has 0 aromatic rings. The maximum Gasteiger partial charge on any atom is 0.0110 e. The van der Waals surface area contributed by atoms with Crippen LogP contribution in [0.5, 0.6) is 0 Å². The summed E-state index contributed by atoms with van der Waals surface area (Å²) >= 11 is 0. The van der Waals surface area contributed by atoms with Crippen LogP contribution in [0.1, 0.15) is 12.8 Å². The number of hydrogen-bond acceptors (Lipinski definition) is 3. The molecule has 13 heavy (non-hydrogen) atoms. The lowest BCUT2D eigenvalue weighted by Crippen LogP contribution is -2.47. The predicted molar refractivity (Wildman–Crippen MR) is 54.7 cm³/mol. The Morgan fingerprint density at radius 1 is 1.15 bits per heavy atom. The summed E-state index contributed by atoms with van der Waals surface area (Å²) in [6.07, 6.45) is 2.71. The molecule has 2 aliphatic rings. The Morgan fingerprint density at radius 2 is 1.77 bits per heavy atom. The lowest BCUT2D eigenvalue weighted by atomic mass is 10.1. The molecular weight excluding hydrogens is 162 g/mol. The number of rotatable bonds is 3. The molecule has 2 fully saturated rings. The van der Waals surface area contributed by atoms with E-state index < -0.39 is 0 Å². The van der Waals surface area contributed by atoms with Crippen LogP contribution in [-0.2, 0) is 0 Å². The summed E-state index contributed by atoms with van der Waals surface area (Å²) in [5, 5.41) is 0. The molecule has 3 heteroatoms. The van der Waals surface area contributed by atoms with E-state index in [1.54, 1.807) is 0 Å². The normalized spacial score (nSPS) is 29.1. The molecule has 1 saturated carbocycles. The minimum absolute atomic E-state index is 0.524. The van der Waals surface area contributed by atoms with Crippen LogP contribution in [0.4, 0.5) is 0 Å². The van der Waals surface area contributed by atoms with Gasteiger partial charge in [0.1, 0.15) is 0 Å². The Hall–Kier alpha value is -0.120. The first-order valence-corrected chi connectivity index (χ1v) is 5.35. The van der Waals surface area contributed by atoms with Gasteiger partial charge in [-0.2, -0.15) is 0 Å². The minimum Gasteiger partial charge on any atom is -0.330 e. The number of nitrogens with zero attached hydrogens (tertiary/aromatic N) is 2. The third kappa shape index (κ3) is 2.22. The van der Waals surface area contributed by atoms with Gasteiger partial charge in [-0.25, -0.2) is 0 Å². The maximum absolute atomic E-state index is 5.78. The van der Waals surface area contributed by atoms with E-state index in [1.807, 2.05) is 0 Å². The summed E-state index contributed by atoms with van der Waals surface area (Å²) in [6.45, 7) is 7.05. The molecule has 76 valence electrons. The summed E-state index contributed by atoms with van der Waals surface area (Å²) in [7, 11) is 2.20. The van der Waals surface area contributed by atoms with Gasteiger partial charge >= 0.3 is 0 Å². The monoisotopic (exact) mass is 183 g/mol. The van der Waals surface area contributed by atoms with Crippen molar-refractivity contribution < 1.29 is 0 Å². The SMILES string of the molecule is CN1CCN(CC2(CN)CC2)CC1. The highest BCUT2D eigenvalue weighted by atomic mass is 15.2. The molecule has 3 nitrogen and oxygen atoms in total. The number of piperazine rings is 1. The van der Waals surface area contributed by atoms with Gasteiger partial charge in [-0.15, -0.1) is 0 Å². The van der Waals surface area contributed by atoms with Crippen molar-refractivity contribution in [3.8, 4) is 0 Å². The minimum atomic E-state index is 0.524. The van der Waals surface area contributed by atoms with E-state index >= 15 is 0 Å². The largest absolute Gasteiger partial charge is 0.330 e. The summed E-state index contributed by atoms with van der Waals surface area (Å²) in [5.41, 5.74) is 6.30. The van der Waals surface area contributed by atoms with Gasteiger partial charge < -0.3 is 15.5 Å². The molecule has 0 atom stereocenters. The highest BCUT2D eigenvalue weighted by Crippen LogP contribution is 2.45. The first-order valence-electron chi connectivity index (χ1n) is 5.35. The Morgan fingerprint density at radius 3 is 2.23 bits per heavy atom. The molecule has 0 radical (unpaired) electrons. The second kappa shape index (κ2) is 3.56. The van der Waals surface area contributed by atoms with Gasteiger partial charge in [0, 0.05) is 32.7 Å². The van der Waals surface area contributed by atoms with Gasteiger partial charge in [0.05, 0.1) is 0 Å². The van der Waals surface area contributed by atoms with E-state index in [1.165, 1.54) is 45.6 Å². The lowest BCUT2D eigenvalue weighted by Gasteiger charge is -2.34. The van der Waals surface area contributed by atoms with Crippen LogP contribution >= 0.6 is 0 Å². The molecule has 0 amide bonds. The summed E-state index contributed by atoms with van der Waals surface area (Å²) in [4.78, 5) is 4.98. The van der Waals surface area contributed by atoms with E-state index in [0.717, 1.165) is 6.54 Å². The van der Waals surface area contributed by atoms with Crippen LogP contribution < -0.4 is 5.73 Å². The van der Waals surface area contributed by atoms with E-state index in [0.29, 0.717) is 5.41 Å². The smallest absolute Gasteiger partial charge is 0.0110 e. The van der Waals surface area contributed by atoms with Gasteiger partial charge in [0.2, 0.25) is 0 Å². The Balaban J connectivity index is 1.76. The van der Waals surface area contributed by atoms with Crippen LogP contribution in [0.25, 0.3) is 0 Å². The first-order chi connectivity index (χ1) is 6.24. The molecular formula is C10H21N3. The highest BCUT2D eigenvalue weighted by molar-refractivity contribution is 4.96. The number of likely N-dealkylation sites (N-methyl/N-ethyl adjacent to an activating group) is 1. The zero-order valence-corrected chi connectivity index (χ0v) is 8.63. The van der Waals surface area contributed by atoms with Gasteiger partial charge in [-0.05, 0) is 31.8 Å². The van der Waals surface area contributed by atoms with Crippen molar-refractivity contribution in [3.63, 3.8) is 0 Å². The van der Waals surface area contributed by atoms with Gasteiger partial charge in [0.25, 0.3) is 0 Å². The predicted octanol–water partition coefficient (Wildman–Crippen LogP) is -0.0273. The summed E-state index contributed by atoms with van der Waals surface area (Å²) in [6, 6.07) is 0. The van der Waals surface area contributed by atoms with Crippen LogP contribution in [0.2, 0.25) is 0 Å². The van der Waals surface area contributed by atoms with Crippen LogP contribution in [0, 0.1) is 5.41 Å². The van der Waals surface area contributed by atoms with Crippen molar-refractivity contribution in [2.24, 2.45) is 11.1 Å². The van der Waals surface area contributed by atoms with Gasteiger partial charge in [0.15, 0.2) is 0 Å². The molecule has 1 aliphatic heterocycles. The molecule has 0 aromatic heterocycles. The zero-order chi connectivity index (χ0) is 9.31. The van der Waals surface area contributed by atoms with E-state index in [4.69, 9.17) is 5.73 Å². The van der Waals surface area contributed by atoms with Crippen LogP contribution in [-0.4, -0.2) is 56.1 Å². The molecule has 2 rings (SSSR count). The first kappa shape index (κ1) is 9.44. The molecule has 1 heterocycles. The maximum atomic E-state index is 5.78. The molecule has 1 saturated heterocycles. The summed E-state index contributed by atoms with van der Waals surface area (Å²) < 4.78 is 0. The molecule has 2 N–H and O–H groups in total. The summed E-state index contributed by atoms with van der Waals surface area (Å²) in [5.74, 6) is 0. The highest BCUT2D eigenvalue weighted by Gasteiger charge is 2.42. The van der Waals surface area contributed by atoms with Gasteiger partial charge in [-0.3, -0.25) is 0 Å². The third-order valence-electron chi connectivity index (χ3n) is 3.55. The fourth-order valence-electron chi connectivity index (χ4n) is 2.08. The Kier molecular flexibility index (Phi) is 2.58. The van der Waals surface area contributed by atoms with Crippen molar-refractivity contribution in [1.29, 1.82) is 0 Å². The van der Waals surface area contributed by atoms with Crippen molar-refractivity contribution >= 4 is 0 Å².